The van der Waals surface area contributed by atoms with E-state index in [1.54, 1.807) is 4.90 Å². The SMILES string of the molecule is CC(C)[C@H](C)N[C@H](C)C(=O)N(C)Cc1cccn1C. The first-order valence-corrected chi connectivity index (χ1v) is 6.94. The molecule has 0 aliphatic rings. The van der Waals surface area contributed by atoms with Crippen molar-refractivity contribution in [3.8, 4) is 0 Å². The number of carbonyl (C=O) groups is 1. The lowest BCUT2D eigenvalue weighted by Gasteiger charge is -2.26. The summed E-state index contributed by atoms with van der Waals surface area (Å²) in [7, 11) is 3.85. The molecule has 1 aromatic heterocycles. The molecule has 0 unspecified atom stereocenters. The van der Waals surface area contributed by atoms with Gasteiger partial charge in [0.25, 0.3) is 0 Å². The van der Waals surface area contributed by atoms with Crippen LogP contribution in [0.15, 0.2) is 18.3 Å². The fraction of sp³-hybridized carbons (Fsp3) is 0.667. The Morgan fingerprint density at radius 1 is 1.37 bits per heavy atom. The summed E-state index contributed by atoms with van der Waals surface area (Å²) in [5.41, 5.74) is 1.14. The van der Waals surface area contributed by atoms with Crippen LogP contribution in [0.1, 0.15) is 33.4 Å². The molecule has 1 aromatic rings. The van der Waals surface area contributed by atoms with Gasteiger partial charge < -0.3 is 14.8 Å². The molecule has 0 radical (unpaired) electrons. The monoisotopic (exact) mass is 265 g/mol. The third-order valence-electron chi connectivity index (χ3n) is 3.71. The first-order chi connectivity index (χ1) is 8.82. The molecule has 0 fully saturated rings. The van der Waals surface area contributed by atoms with E-state index in [0.29, 0.717) is 18.5 Å². The molecule has 0 aromatic carbocycles. The van der Waals surface area contributed by atoms with Crippen molar-refractivity contribution >= 4 is 5.91 Å². The molecular formula is C15H27N3O. The fourth-order valence-corrected chi connectivity index (χ4v) is 1.97. The quantitative estimate of drug-likeness (QED) is 0.854. The van der Waals surface area contributed by atoms with Crippen LogP contribution in [0.2, 0.25) is 0 Å². The Morgan fingerprint density at radius 2 is 2.00 bits per heavy atom. The molecule has 2 atom stereocenters. The van der Waals surface area contributed by atoms with E-state index in [-0.39, 0.29) is 11.9 Å². The van der Waals surface area contributed by atoms with Crippen molar-refractivity contribution in [3.05, 3.63) is 24.0 Å². The normalized spacial score (nSPS) is 14.5. The maximum Gasteiger partial charge on any atom is 0.239 e. The first-order valence-electron chi connectivity index (χ1n) is 6.94. The average molecular weight is 265 g/mol. The molecule has 0 saturated heterocycles. The summed E-state index contributed by atoms with van der Waals surface area (Å²) in [6, 6.07) is 4.22. The summed E-state index contributed by atoms with van der Waals surface area (Å²) < 4.78 is 2.04. The van der Waals surface area contributed by atoms with Crippen molar-refractivity contribution in [1.82, 2.24) is 14.8 Å². The molecule has 0 spiro atoms. The second-order valence-electron chi connectivity index (χ2n) is 5.73. The molecule has 1 heterocycles. The van der Waals surface area contributed by atoms with Gasteiger partial charge in [0.05, 0.1) is 12.6 Å². The van der Waals surface area contributed by atoms with Gasteiger partial charge in [-0.15, -0.1) is 0 Å². The largest absolute Gasteiger partial charge is 0.353 e. The molecule has 0 bridgehead atoms. The predicted molar refractivity (Wildman–Crippen MR) is 78.8 cm³/mol. The molecule has 0 aliphatic heterocycles. The molecule has 108 valence electrons. The molecule has 4 nitrogen and oxygen atoms in total. The van der Waals surface area contributed by atoms with Crippen molar-refractivity contribution in [2.45, 2.75) is 46.3 Å². The molecule has 4 heteroatoms. The van der Waals surface area contributed by atoms with Crippen LogP contribution in [-0.2, 0) is 18.4 Å². The van der Waals surface area contributed by atoms with Gasteiger partial charge in [0, 0.05) is 32.0 Å². The number of aryl methyl sites for hydroxylation is 1. The predicted octanol–water partition coefficient (Wildman–Crippen LogP) is 2.01. The number of likely N-dealkylation sites (N-methyl/N-ethyl adjacent to an activating group) is 1. The van der Waals surface area contributed by atoms with Gasteiger partial charge in [-0.2, -0.15) is 0 Å². The van der Waals surface area contributed by atoms with Crippen LogP contribution in [-0.4, -0.2) is 34.5 Å². The molecule has 0 saturated carbocycles. The molecule has 1 amide bonds. The van der Waals surface area contributed by atoms with E-state index >= 15 is 0 Å². The lowest BCUT2D eigenvalue weighted by atomic mass is 10.1. The fourth-order valence-electron chi connectivity index (χ4n) is 1.97. The number of hydrogen-bond donors (Lipinski definition) is 1. The number of hydrogen-bond acceptors (Lipinski definition) is 2. The topological polar surface area (TPSA) is 37.3 Å². The Labute approximate surface area is 116 Å². The summed E-state index contributed by atoms with van der Waals surface area (Å²) in [6.07, 6.45) is 2.00. The van der Waals surface area contributed by atoms with Gasteiger partial charge in [-0.05, 0) is 31.9 Å². The van der Waals surface area contributed by atoms with Gasteiger partial charge in [0.2, 0.25) is 5.91 Å². The smallest absolute Gasteiger partial charge is 0.239 e. The van der Waals surface area contributed by atoms with E-state index in [9.17, 15) is 4.79 Å². The highest BCUT2D eigenvalue weighted by molar-refractivity contribution is 5.81. The van der Waals surface area contributed by atoms with E-state index in [1.807, 2.05) is 43.9 Å². The highest BCUT2D eigenvalue weighted by Crippen LogP contribution is 2.06. The lowest BCUT2D eigenvalue weighted by molar-refractivity contribution is -0.132. The number of rotatable bonds is 6. The van der Waals surface area contributed by atoms with Crippen LogP contribution in [0.5, 0.6) is 0 Å². The Kier molecular flexibility index (Phi) is 5.60. The van der Waals surface area contributed by atoms with Crippen LogP contribution < -0.4 is 5.32 Å². The minimum atomic E-state index is -0.150. The lowest BCUT2D eigenvalue weighted by Crippen LogP contribution is -2.47. The van der Waals surface area contributed by atoms with E-state index in [0.717, 1.165) is 5.69 Å². The second-order valence-corrected chi connectivity index (χ2v) is 5.73. The molecule has 19 heavy (non-hydrogen) atoms. The molecule has 0 aliphatic carbocycles. The number of nitrogens with zero attached hydrogens (tertiary/aromatic N) is 2. The van der Waals surface area contributed by atoms with E-state index in [4.69, 9.17) is 0 Å². The minimum Gasteiger partial charge on any atom is -0.353 e. The van der Waals surface area contributed by atoms with Gasteiger partial charge in [-0.3, -0.25) is 4.79 Å². The van der Waals surface area contributed by atoms with Crippen LogP contribution >= 0.6 is 0 Å². The van der Waals surface area contributed by atoms with Crippen molar-refractivity contribution in [1.29, 1.82) is 0 Å². The van der Waals surface area contributed by atoms with Crippen molar-refractivity contribution in [2.24, 2.45) is 13.0 Å². The Bertz CT molecular complexity index is 411. The number of aromatic nitrogens is 1. The average Bonchev–Trinajstić information content (AvgIpc) is 2.73. The van der Waals surface area contributed by atoms with Gasteiger partial charge in [-0.1, -0.05) is 13.8 Å². The molecular weight excluding hydrogens is 238 g/mol. The summed E-state index contributed by atoms with van der Waals surface area (Å²) >= 11 is 0. The summed E-state index contributed by atoms with van der Waals surface area (Å²) in [6.45, 7) is 9.00. The van der Waals surface area contributed by atoms with E-state index in [1.165, 1.54) is 0 Å². The first kappa shape index (κ1) is 15.8. The van der Waals surface area contributed by atoms with Crippen molar-refractivity contribution in [2.75, 3.05) is 7.05 Å². The van der Waals surface area contributed by atoms with Gasteiger partial charge in [0.15, 0.2) is 0 Å². The van der Waals surface area contributed by atoms with Crippen LogP contribution in [0.25, 0.3) is 0 Å². The second kappa shape index (κ2) is 6.75. The van der Waals surface area contributed by atoms with Crippen molar-refractivity contribution in [3.63, 3.8) is 0 Å². The number of amides is 1. The van der Waals surface area contributed by atoms with Gasteiger partial charge >= 0.3 is 0 Å². The zero-order valence-electron chi connectivity index (χ0n) is 13.0. The molecule has 1 rings (SSSR count). The third kappa shape index (κ3) is 4.39. The van der Waals surface area contributed by atoms with Crippen LogP contribution in [0, 0.1) is 5.92 Å². The van der Waals surface area contributed by atoms with Gasteiger partial charge in [-0.25, -0.2) is 0 Å². The zero-order chi connectivity index (χ0) is 14.6. The standard InChI is InChI=1S/C15H27N3O/c1-11(2)12(3)16-13(4)15(19)18(6)10-14-8-7-9-17(14)5/h7-9,11-13,16H,10H2,1-6H3/t12-,13+/m0/s1. The van der Waals surface area contributed by atoms with Crippen LogP contribution in [0.4, 0.5) is 0 Å². The van der Waals surface area contributed by atoms with E-state index in [2.05, 4.69) is 26.1 Å². The Balaban J connectivity index is 2.54. The highest BCUT2D eigenvalue weighted by atomic mass is 16.2. The number of nitrogens with one attached hydrogen (secondary N) is 1. The van der Waals surface area contributed by atoms with E-state index < -0.39 is 0 Å². The Morgan fingerprint density at radius 3 is 2.47 bits per heavy atom. The third-order valence-corrected chi connectivity index (χ3v) is 3.71. The summed E-state index contributed by atoms with van der Waals surface area (Å²) in [4.78, 5) is 14.1. The van der Waals surface area contributed by atoms with Crippen molar-refractivity contribution < 1.29 is 4.79 Å². The zero-order valence-corrected chi connectivity index (χ0v) is 13.0. The summed E-state index contributed by atoms with van der Waals surface area (Å²) in [5, 5.41) is 3.36. The maximum atomic E-state index is 12.3. The Hall–Kier alpha value is -1.29. The van der Waals surface area contributed by atoms with Crippen LogP contribution in [0.3, 0.4) is 0 Å². The summed E-state index contributed by atoms with van der Waals surface area (Å²) in [5.74, 6) is 0.655. The number of carbonyl (C=O) groups excluding carboxylic acids is 1. The van der Waals surface area contributed by atoms with Gasteiger partial charge in [0.1, 0.15) is 0 Å². The maximum absolute atomic E-state index is 12.3. The highest BCUT2D eigenvalue weighted by Gasteiger charge is 2.20. The minimum absolute atomic E-state index is 0.133. The molecule has 1 N–H and O–H groups in total.